The van der Waals surface area contributed by atoms with Crippen LogP contribution in [0.1, 0.15) is 263 Å². The Morgan fingerprint density at radius 2 is 0.756 bits per heavy atom. The van der Waals surface area contributed by atoms with Crippen LogP contribution in [0.3, 0.4) is 0 Å². The highest BCUT2D eigenvalue weighted by Gasteiger charge is 2.16. The number of unbranched alkanes of at least 4 members (excludes halogenated alkanes) is 29. The van der Waals surface area contributed by atoms with Crippen LogP contribution in [0.2, 0.25) is 0 Å². The summed E-state index contributed by atoms with van der Waals surface area (Å²) in [7, 11) is 0. The first kappa shape index (κ1) is 42.2. The standard InChI is InChI=1S/C43H84N2/c1-6-8-10-12-14-16-18-20-22-24-26-28-30-32-34-36-38-45-39-42(40(3)4)44-43(45)41(5)37-35-33-31-29-27-25-23-21-19-17-15-13-11-9-7-2/h39-41H,6-38H2,1-5H3. The summed E-state index contributed by atoms with van der Waals surface area (Å²) in [4.78, 5) is 5.15. The van der Waals surface area contributed by atoms with Gasteiger partial charge >= 0.3 is 0 Å². The van der Waals surface area contributed by atoms with Crippen molar-refractivity contribution in [3.8, 4) is 0 Å². The van der Waals surface area contributed by atoms with E-state index in [1.165, 1.54) is 217 Å². The molecule has 0 saturated heterocycles. The third kappa shape index (κ3) is 25.0. The molecule has 0 N–H and O–H groups in total. The Hall–Kier alpha value is -0.790. The van der Waals surface area contributed by atoms with E-state index in [2.05, 4.69) is 45.4 Å². The molecule has 2 nitrogen and oxygen atoms in total. The first-order chi connectivity index (χ1) is 22.1. The fourth-order valence-corrected chi connectivity index (χ4v) is 7.08. The van der Waals surface area contributed by atoms with E-state index >= 15 is 0 Å². The van der Waals surface area contributed by atoms with Crippen LogP contribution in [0.5, 0.6) is 0 Å². The maximum atomic E-state index is 5.15. The number of aryl methyl sites for hydroxylation is 1. The van der Waals surface area contributed by atoms with Crippen molar-refractivity contribution in [3.05, 3.63) is 17.7 Å². The minimum Gasteiger partial charge on any atom is -0.334 e. The molecule has 266 valence electrons. The number of rotatable bonds is 35. The lowest BCUT2D eigenvalue weighted by Crippen LogP contribution is -2.07. The zero-order chi connectivity index (χ0) is 32.6. The minimum atomic E-state index is 0.522. The number of hydrogen-bond acceptors (Lipinski definition) is 1. The van der Waals surface area contributed by atoms with E-state index < -0.39 is 0 Å². The van der Waals surface area contributed by atoms with Crippen LogP contribution in [0.15, 0.2) is 6.20 Å². The lowest BCUT2D eigenvalue weighted by molar-refractivity contribution is 0.494. The topological polar surface area (TPSA) is 17.8 Å². The molecule has 0 bridgehead atoms. The lowest BCUT2D eigenvalue weighted by atomic mass is 10.00. The van der Waals surface area contributed by atoms with Gasteiger partial charge in [0.2, 0.25) is 0 Å². The summed E-state index contributed by atoms with van der Waals surface area (Å²) < 4.78 is 2.54. The quantitative estimate of drug-likeness (QED) is 0.0684. The molecule has 1 aromatic heterocycles. The van der Waals surface area contributed by atoms with E-state index in [-0.39, 0.29) is 0 Å². The van der Waals surface area contributed by atoms with Crippen molar-refractivity contribution in [1.82, 2.24) is 9.55 Å². The molecule has 0 spiro atoms. The number of hydrogen-bond donors (Lipinski definition) is 0. The van der Waals surface area contributed by atoms with Crippen LogP contribution < -0.4 is 0 Å². The molecule has 0 saturated carbocycles. The summed E-state index contributed by atoms with van der Waals surface area (Å²) in [6, 6.07) is 0. The third-order valence-electron chi connectivity index (χ3n) is 10.4. The van der Waals surface area contributed by atoms with Crippen LogP contribution in [-0.2, 0) is 6.54 Å². The van der Waals surface area contributed by atoms with Crippen LogP contribution in [0.25, 0.3) is 0 Å². The monoisotopic (exact) mass is 629 g/mol. The van der Waals surface area contributed by atoms with Crippen molar-refractivity contribution in [2.24, 2.45) is 0 Å². The number of imidazole rings is 1. The molecule has 1 rings (SSSR count). The fourth-order valence-electron chi connectivity index (χ4n) is 7.08. The lowest BCUT2D eigenvalue weighted by Gasteiger charge is -2.14. The molecule has 1 aromatic rings. The Labute approximate surface area is 285 Å². The van der Waals surface area contributed by atoms with Gasteiger partial charge in [-0.2, -0.15) is 0 Å². The number of aromatic nitrogens is 2. The summed E-state index contributed by atoms with van der Waals surface area (Å²) in [5.74, 6) is 2.47. The molecule has 1 unspecified atom stereocenters. The van der Waals surface area contributed by atoms with E-state index in [4.69, 9.17) is 4.98 Å². The zero-order valence-electron chi connectivity index (χ0n) is 32.0. The molecule has 0 aliphatic carbocycles. The van der Waals surface area contributed by atoms with Gasteiger partial charge in [0.1, 0.15) is 5.82 Å². The summed E-state index contributed by atoms with van der Waals surface area (Å²) in [5, 5.41) is 0. The normalized spacial score (nSPS) is 12.5. The van der Waals surface area contributed by atoms with E-state index in [0.29, 0.717) is 11.8 Å². The van der Waals surface area contributed by atoms with Gasteiger partial charge in [0, 0.05) is 18.7 Å². The van der Waals surface area contributed by atoms with Gasteiger partial charge in [-0.25, -0.2) is 4.98 Å². The molecule has 0 amide bonds. The van der Waals surface area contributed by atoms with E-state index in [9.17, 15) is 0 Å². The molecule has 45 heavy (non-hydrogen) atoms. The highest BCUT2D eigenvalue weighted by molar-refractivity contribution is 5.11. The molecule has 1 heterocycles. The molecule has 2 heteroatoms. The second-order valence-electron chi connectivity index (χ2n) is 15.3. The minimum absolute atomic E-state index is 0.522. The predicted octanol–water partition coefficient (Wildman–Crippen LogP) is 15.6. The Balaban J connectivity index is 2.07. The molecule has 0 radical (unpaired) electrons. The van der Waals surface area contributed by atoms with Gasteiger partial charge in [0.15, 0.2) is 0 Å². The Bertz CT molecular complexity index is 719. The SMILES string of the molecule is CCCCCCCCCCCCCCCCCCn1cc(C(C)C)nc1C(C)CCCCCCCCCCCCCCCCC. The van der Waals surface area contributed by atoms with Crippen molar-refractivity contribution >= 4 is 0 Å². The van der Waals surface area contributed by atoms with Crippen molar-refractivity contribution in [2.45, 2.75) is 258 Å². The second-order valence-corrected chi connectivity index (χ2v) is 15.3. The summed E-state index contributed by atoms with van der Waals surface area (Å²) in [5.41, 5.74) is 1.30. The average Bonchev–Trinajstić information content (AvgIpc) is 3.47. The molecule has 1 atom stereocenters. The van der Waals surface area contributed by atoms with E-state index in [0.717, 1.165) is 6.54 Å². The smallest absolute Gasteiger partial charge is 0.111 e. The highest BCUT2D eigenvalue weighted by Crippen LogP contribution is 2.25. The maximum absolute atomic E-state index is 5.15. The van der Waals surface area contributed by atoms with Crippen LogP contribution >= 0.6 is 0 Å². The highest BCUT2D eigenvalue weighted by atomic mass is 15.1. The molecule has 0 aromatic carbocycles. The van der Waals surface area contributed by atoms with Crippen molar-refractivity contribution < 1.29 is 0 Å². The summed E-state index contributed by atoms with van der Waals surface area (Å²) in [6.07, 6.45) is 48.2. The third-order valence-corrected chi connectivity index (χ3v) is 10.4. The molecule has 0 aliphatic rings. The summed E-state index contributed by atoms with van der Waals surface area (Å²) in [6.45, 7) is 12.8. The van der Waals surface area contributed by atoms with E-state index in [1.807, 2.05) is 0 Å². The van der Waals surface area contributed by atoms with Gasteiger partial charge in [-0.05, 0) is 18.8 Å². The first-order valence-electron chi connectivity index (χ1n) is 21.2. The van der Waals surface area contributed by atoms with Crippen LogP contribution in [-0.4, -0.2) is 9.55 Å². The van der Waals surface area contributed by atoms with Gasteiger partial charge in [0.25, 0.3) is 0 Å². The van der Waals surface area contributed by atoms with Gasteiger partial charge in [-0.3, -0.25) is 0 Å². The zero-order valence-corrected chi connectivity index (χ0v) is 32.0. The molecule has 0 fully saturated rings. The van der Waals surface area contributed by atoms with Gasteiger partial charge in [0.05, 0.1) is 5.69 Å². The predicted molar refractivity (Wildman–Crippen MR) is 204 cm³/mol. The first-order valence-corrected chi connectivity index (χ1v) is 21.2. The second kappa shape index (κ2) is 31.8. The molecular formula is C43H84N2. The van der Waals surface area contributed by atoms with Gasteiger partial charge in [-0.1, -0.05) is 227 Å². The number of nitrogens with zero attached hydrogens (tertiary/aromatic N) is 2. The van der Waals surface area contributed by atoms with Crippen molar-refractivity contribution in [1.29, 1.82) is 0 Å². The Kier molecular flexibility index (Phi) is 29.8. The van der Waals surface area contributed by atoms with E-state index in [1.54, 1.807) is 0 Å². The largest absolute Gasteiger partial charge is 0.334 e. The van der Waals surface area contributed by atoms with Crippen molar-refractivity contribution in [2.75, 3.05) is 0 Å². The Morgan fingerprint density at radius 1 is 0.444 bits per heavy atom. The summed E-state index contributed by atoms with van der Waals surface area (Å²) >= 11 is 0. The Morgan fingerprint density at radius 3 is 1.09 bits per heavy atom. The maximum Gasteiger partial charge on any atom is 0.111 e. The van der Waals surface area contributed by atoms with Crippen LogP contribution in [0.4, 0.5) is 0 Å². The molecule has 0 aliphatic heterocycles. The van der Waals surface area contributed by atoms with Gasteiger partial charge in [-0.15, -0.1) is 0 Å². The average molecular weight is 629 g/mol. The van der Waals surface area contributed by atoms with Gasteiger partial charge < -0.3 is 4.57 Å². The fraction of sp³-hybridized carbons (Fsp3) is 0.930. The van der Waals surface area contributed by atoms with Crippen LogP contribution in [0, 0.1) is 0 Å². The molecular weight excluding hydrogens is 544 g/mol. The van der Waals surface area contributed by atoms with Crippen molar-refractivity contribution in [3.63, 3.8) is 0 Å².